The molecule has 0 heterocycles. The van der Waals surface area contributed by atoms with Crippen LogP contribution in [-0.2, 0) is 4.57 Å². The molecule has 0 aliphatic rings. The van der Waals surface area contributed by atoms with E-state index in [9.17, 15) is 0 Å². The first-order valence-electron chi connectivity index (χ1n) is 0.783. The van der Waals surface area contributed by atoms with Crippen LogP contribution in [0.25, 0.3) is 0 Å². The predicted octanol–water partition coefficient (Wildman–Crippen LogP) is -0.549. The van der Waals surface area contributed by atoms with E-state index in [4.69, 9.17) is 19.2 Å². The van der Waals surface area contributed by atoms with Gasteiger partial charge in [0, 0.05) is 0 Å². The molecule has 0 spiro atoms. The van der Waals surface area contributed by atoms with Crippen molar-refractivity contribution < 1.29 is 47.5 Å². The minimum absolute atomic E-state index is 0. The second kappa shape index (κ2) is 38.8. The molecule has 0 bridgehead atoms. The maximum atomic E-state index is 8.88. The van der Waals surface area contributed by atoms with Crippen molar-refractivity contribution in [2.45, 2.75) is 0 Å². The number of hydrogen-bond donors (Lipinski definition) is 3. The van der Waals surface area contributed by atoms with Gasteiger partial charge < -0.3 is 14.7 Å². The first-order valence-corrected chi connectivity index (χ1v) is 2.35. The molecule has 0 aromatic rings. The van der Waals surface area contributed by atoms with Crippen LogP contribution in [0.4, 0.5) is 28.2 Å². The molecule has 0 aliphatic carbocycles. The van der Waals surface area contributed by atoms with E-state index >= 15 is 0 Å². The average molecular weight is 260 g/mol. The van der Waals surface area contributed by atoms with Crippen LogP contribution in [-0.4, -0.2) is 33.5 Å². The average Bonchev–Trinajstić information content (AvgIpc) is 0.722. The van der Waals surface area contributed by atoms with Crippen LogP contribution >= 0.6 is 21.3 Å². The third kappa shape index (κ3) is 3520. The molecule has 13 heavy (non-hydrogen) atoms. The Labute approximate surface area is 88.2 Å². The number of halogens is 6. The van der Waals surface area contributed by atoms with Gasteiger partial charge >= 0.3 is 26.7 Å². The molecule has 0 atom stereocenters. The maximum absolute atomic E-state index is 8.88. The summed E-state index contributed by atoms with van der Waals surface area (Å²) < 4.78 is 8.88. The Morgan fingerprint density at radius 3 is 0.692 bits per heavy atom. The fraction of sp³-hybridized carbons (Fsp3) is 0. The molecule has 13 heteroatoms. The topological polar surface area (TPSA) is 77.8 Å². The summed E-state index contributed by atoms with van der Waals surface area (Å²) in [6, 6.07) is 0. The third-order valence-electron chi connectivity index (χ3n) is 0. The van der Waals surface area contributed by atoms with E-state index in [1.807, 2.05) is 0 Å². The van der Waals surface area contributed by atoms with Gasteiger partial charge in [0.25, 0.3) is 0 Å². The van der Waals surface area contributed by atoms with E-state index in [1.54, 1.807) is 0 Å². The summed E-state index contributed by atoms with van der Waals surface area (Å²) in [7, 11) is -4.64. The molecule has 0 aromatic carbocycles. The van der Waals surface area contributed by atoms with Crippen molar-refractivity contribution in [2.24, 2.45) is 0 Å². The normalized spacial score (nSPS) is 4.54. The van der Waals surface area contributed by atoms with Gasteiger partial charge in [-0.15, -0.1) is 0 Å². The van der Waals surface area contributed by atoms with Gasteiger partial charge in [0.05, 0.1) is 0 Å². The van der Waals surface area contributed by atoms with Crippen LogP contribution in [0.1, 0.15) is 0 Å². The second-order valence-corrected chi connectivity index (χ2v) is 1.54. The molecular weight excluding hydrogens is 248 g/mol. The van der Waals surface area contributed by atoms with Crippen molar-refractivity contribution in [3.63, 3.8) is 0 Å². The van der Waals surface area contributed by atoms with Crippen LogP contribution in [0.3, 0.4) is 0 Å². The van der Waals surface area contributed by atoms with E-state index in [2.05, 4.69) is 0 Å². The summed E-state index contributed by atoms with van der Waals surface area (Å²) in [6.45, 7) is 0. The van der Waals surface area contributed by atoms with Gasteiger partial charge in [0.2, 0.25) is 0 Å². The Morgan fingerprint density at radius 2 is 0.692 bits per heavy atom. The zero-order valence-corrected chi connectivity index (χ0v) is 7.04. The SMILES string of the molecule is F.F.F.F.F.F.O=P(O)(O)O.S.[LiH]. The Hall–Kier alpha value is 0.637. The van der Waals surface area contributed by atoms with Gasteiger partial charge in [-0.3, -0.25) is 28.2 Å². The molecule has 0 saturated heterocycles. The van der Waals surface area contributed by atoms with Crippen molar-refractivity contribution >= 4 is 40.2 Å². The number of rotatable bonds is 0. The Balaban J connectivity index is -0.00000000286. The summed E-state index contributed by atoms with van der Waals surface area (Å²) in [5, 5.41) is 0. The van der Waals surface area contributed by atoms with E-state index in [-0.39, 0.29) is 60.6 Å². The first-order chi connectivity index (χ1) is 2.00. The monoisotopic (exact) mass is 260 g/mol. The number of hydrogen-bond acceptors (Lipinski definition) is 1. The zero-order chi connectivity index (χ0) is 4.50. The second-order valence-electron chi connectivity index (χ2n) is 0.513. The van der Waals surface area contributed by atoms with Crippen molar-refractivity contribution in [1.82, 2.24) is 0 Å². The molecule has 0 radical (unpaired) electrons. The van der Waals surface area contributed by atoms with Crippen LogP contribution in [0.15, 0.2) is 0 Å². The van der Waals surface area contributed by atoms with Crippen LogP contribution in [0, 0.1) is 0 Å². The van der Waals surface area contributed by atoms with Crippen molar-refractivity contribution in [1.29, 1.82) is 0 Å². The van der Waals surface area contributed by atoms with Gasteiger partial charge in [-0.25, -0.2) is 4.57 Å². The zero-order valence-electron chi connectivity index (χ0n) is 5.15. The molecule has 4 nitrogen and oxygen atoms in total. The van der Waals surface area contributed by atoms with Gasteiger partial charge in [-0.05, 0) is 0 Å². The number of phosphoric acid groups is 1. The summed E-state index contributed by atoms with van der Waals surface area (Å²) in [4.78, 5) is 21.6. The quantitative estimate of drug-likeness (QED) is 0.310. The molecule has 90 valence electrons. The molecule has 3 N–H and O–H groups in total. The van der Waals surface area contributed by atoms with Crippen molar-refractivity contribution in [3.8, 4) is 0 Å². The molecule has 0 amide bonds. The Bertz CT molecular complexity index is 70.8. The van der Waals surface area contributed by atoms with E-state index < -0.39 is 7.82 Å². The predicted molar refractivity (Wildman–Crippen MR) is 46.8 cm³/mol. The molecule has 0 aliphatic heterocycles. The van der Waals surface area contributed by atoms with Crippen LogP contribution in [0.5, 0.6) is 0 Å². The van der Waals surface area contributed by atoms with Gasteiger partial charge in [-0.2, -0.15) is 13.5 Å². The van der Waals surface area contributed by atoms with E-state index in [1.165, 1.54) is 0 Å². The molecule has 0 rings (SSSR count). The fourth-order valence-electron chi connectivity index (χ4n) is 0. The first kappa shape index (κ1) is 101. The summed E-state index contributed by atoms with van der Waals surface area (Å²) in [6.07, 6.45) is 0. The Morgan fingerprint density at radius 1 is 0.692 bits per heavy atom. The molecule has 0 fully saturated rings. The van der Waals surface area contributed by atoms with Crippen molar-refractivity contribution in [2.75, 3.05) is 0 Å². The molecule has 0 saturated carbocycles. The molecular formula is H12F6LiO4PS. The fourth-order valence-corrected chi connectivity index (χ4v) is 0. The van der Waals surface area contributed by atoms with E-state index in [0.717, 1.165) is 0 Å². The van der Waals surface area contributed by atoms with Crippen molar-refractivity contribution in [3.05, 3.63) is 0 Å². The minimum atomic E-state index is -4.64. The third-order valence-corrected chi connectivity index (χ3v) is 0. The molecule has 0 unspecified atom stereocenters. The van der Waals surface area contributed by atoms with Crippen LogP contribution < -0.4 is 0 Å². The van der Waals surface area contributed by atoms with Gasteiger partial charge in [0.15, 0.2) is 0 Å². The molecule has 0 aromatic heterocycles. The summed E-state index contributed by atoms with van der Waals surface area (Å²) in [5.41, 5.74) is 0. The van der Waals surface area contributed by atoms with Crippen LogP contribution in [0.2, 0.25) is 0 Å². The summed E-state index contributed by atoms with van der Waals surface area (Å²) >= 11 is 0. The van der Waals surface area contributed by atoms with Gasteiger partial charge in [-0.1, -0.05) is 0 Å². The van der Waals surface area contributed by atoms with Gasteiger partial charge in [0.1, 0.15) is 0 Å². The Kier molecular flexibility index (Phi) is 303. The standard InChI is InChI=1S/6FH.Li.H3O4P.H2S.H/c;;;;;;;1-5(2,3)4;;/h6*1H;;(H3,1,2,3,4);1H2;. The van der Waals surface area contributed by atoms with E-state index in [0.29, 0.717) is 0 Å². The summed E-state index contributed by atoms with van der Waals surface area (Å²) in [5.74, 6) is 0.